The van der Waals surface area contributed by atoms with Crippen LogP contribution in [0.25, 0.3) is 0 Å². The number of rotatable bonds is 9. The molecule has 0 aliphatic rings. The van der Waals surface area contributed by atoms with E-state index in [9.17, 15) is 0 Å². The number of methoxy groups -OCH3 is 2. The number of nitrogens with zero attached hydrogens (tertiary/aromatic N) is 2. The number of aromatic nitrogens is 1. The van der Waals surface area contributed by atoms with Crippen molar-refractivity contribution in [3.8, 4) is 11.5 Å². The van der Waals surface area contributed by atoms with Gasteiger partial charge in [0, 0.05) is 18.5 Å². The largest absolute Gasteiger partial charge is 0.497 e. The Hall–Kier alpha value is -2.28. The van der Waals surface area contributed by atoms with Crippen LogP contribution in [-0.4, -0.2) is 38.3 Å². The number of guanidine groups is 1. The number of nitrogens with one attached hydrogen (secondary N) is 2. The molecule has 0 spiro atoms. The van der Waals surface area contributed by atoms with Gasteiger partial charge in [0.25, 0.3) is 0 Å². The summed E-state index contributed by atoms with van der Waals surface area (Å²) in [5.74, 6) is 2.93. The summed E-state index contributed by atoms with van der Waals surface area (Å²) in [5.41, 5.74) is 2.23. The van der Waals surface area contributed by atoms with Gasteiger partial charge in [-0.1, -0.05) is 13.8 Å². The summed E-state index contributed by atoms with van der Waals surface area (Å²) in [4.78, 5) is 9.29. The van der Waals surface area contributed by atoms with Crippen LogP contribution in [0.5, 0.6) is 11.5 Å². The van der Waals surface area contributed by atoms with Gasteiger partial charge in [-0.3, -0.25) is 0 Å². The zero-order chi connectivity index (χ0) is 19.6. The lowest BCUT2D eigenvalue weighted by Crippen LogP contribution is -2.38. The summed E-state index contributed by atoms with van der Waals surface area (Å²) < 4.78 is 10.7. The monoisotopic (exact) mass is 390 g/mol. The molecule has 0 radical (unpaired) electrons. The van der Waals surface area contributed by atoms with E-state index in [1.807, 2.05) is 18.2 Å². The van der Waals surface area contributed by atoms with Crippen molar-refractivity contribution in [1.82, 2.24) is 15.6 Å². The number of hydrogen-bond acceptors (Lipinski definition) is 5. The van der Waals surface area contributed by atoms with E-state index in [1.54, 1.807) is 25.6 Å². The van der Waals surface area contributed by atoms with Gasteiger partial charge in [-0.25, -0.2) is 9.98 Å². The highest BCUT2D eigenvalue weighted by atomic mass is 32.1. The van der Waals surface area contributed by atoms with Crippen molar-refractivity contribution in [2.24, 2.45) is 4.99 Å². The fourth-order valence-corrected chi connectivity index (χ4v) is 3.42. The summed E-state index contributed by atoms with van der Waals surface area (Å²) in [7, 11) is 3.35. The molecule has 1 heterocycles. The van der Waals surface area contributed by atoms with Crippen molar-refractivity contribution in [3.05, 3.63) is 39.8 Å². The minimum Gasteiger partial charge on any atom is -0.497 e. The summed E-state index contributed by atoms with van der Waals surface area (Å²) >= 11 is 1.66. The molecule has 6 nitrogen and oxygen atoms in total. The zero-order valence-electron chi connectivity index (χ0n) is 16.8. The van der Waals surface area contributed by atoms with Gasteiger partial charge in [-0.15, -0.1) is 11.3 Å². The second-order valence-corrected chi connectivity index (χ2v) is 7.31. The third kappa shape index (κ3) is 6.43. The van der Waals surface area contributed by atoms with Crippen LogP contribution in [0.3, 0.4) is 0 Å². The molecular weight excluding hydrogens is 360 g/mol. The maximum atomic E-state index is 5.44. The molecule has 0 bridgehead atoms. The van der Waals surface area contributed by atoms with Crippen LogP contribution in [-0.2, 0) is 13.0 Å². The van der Waals surface area contributed by atoms with Gasteiger partial charge >= 0.3 is 0 Å². The second-order valence-electron chi connectivity index (χ2n) is 6.37. The molecule has 0 saturated heterocycles. The Balaban J connectivity index is 1.95. The predicted octanol–water partition coefficient (Wildman–Crippen LogP) is 3.58. The van der Waals surface area contributed by atoms with Gasteiger partial charge in [-0.2, -0.15) is 0 Å². The average molecular weight is 391 g/mol. The van der Waals surface area contributed by atoms with Crippen LogP contribution < -0.4 is 20.1 Å². The van der Waals surface area contributed by atoms with E-state index in [4.69, 9.17) is 9.47 Å². The predicted molar refractivity (Wildman–Crippen MR) is 112 cm³/mol. The quantitative estimate of drug-likeness (QED) is 0.506. The number of aliphatic imine (C=N–C) groups is 1. The van der Waals surface area contributed by atoms with E-state index < -0.39 is 0 Å². The summed E-state index contributed by atoms with van der Waals surface area (Å²) in [6, 6.07) is 5.84. The summed E-state index contributed by atoms with van der Waals surface area (Å²) in [6.45, 7) is 8.49. The Kier molecular flexibility index (Phi) is 8.39. The first kappa shape index (κ1) is 21.0. The molecule has 1 aromatic heterocycles. The molecule has 148 valence electrons. The Morgan fingerprint density at radius 1 is 1.22 bits per heavy atom. The van der Waals surface area contributed by atoms with Crippen molar-refractivity contribution in [3.63, 3.8) is 0 Å². The number of thiazole rings is 1. The Morgan fingerprint density at radius 2 is 2.04 bits per heavy atom. The smallest absolute Gasteiger partial charge is 0.191 e. The lowest BCUT2D eigenvalue weighted by molar-refractivity contribution is 0.398. The second kappa shape index (κ2) is 10.8. The summed E-state index contributed by atoms with van der Waals surface area (Å²) in [5, 5.41) is 9.81. The molecule has 1 aromatic carbocycles. The maximum absolute atomic E-state index is 5.44. The average Bonchev–Trinajstić information content (AvgIpc) is 3.15. The number of hydrogen-bond donors (Lipinski definition) is 2. The van der Waals surface area contributed by atoms with Crippen molar-refractivity contribution < 1.29 is 9.47 Å². The van der Waals surface area contributed by atoms with Crippen molar-refractivity contribution in [2.75, 3.05) is 27.3 Å². The Bertz CT molecular complexity index is 743. The van der Waals surface area contributed by atoms with Crippen LogP contribution in [0, 0.1) is 0 Å². The van der Waals surface area contributed by atoms with Gasteiger partial charge < -0.3 is 20.1 Å². The highest BCUT2D eigenvalue weighted by Crippen LogP contribution is 2.24. The fourth-order valence-electron chi connectivity index (χ4n) is 2.54. The van der Waals surface area contributed by atoms with Gasteiger partial charge in [0.15, 0.2) is 5.96 Å². The summed E-state index contributed by atoms with van der Waals surface area (Å²) in [6.07, 6.45) is 0.805. The highest BCUT2D eigenvalue weighted by molar-refractivity contribution is 7.09. The van der Waals surface area contributed by atoms with E-state index in [2.05, 4.69) is 46.8 Å². The Labute approximate surface area is 166 Å². The molecule has 0 amide bonds. The van der Waals surface area contributed by atoms with Crippen LogP contribution in [0.1, 0.15) is 43.0 Å². The normalized spacial score (nSPS) is 11.6. The first-order valence-corrected chi connectivity index (χ1v) is 10.1. The van der Waals surface area contributed by atoms with Crippen molar-refractivity contribution >= 4 is 17.3 Å². The lowest BCUT2D eigenvalue weighted by Gasteiger charge is -2.13. The molecular formula is C20H30N4O2S. The minimum absolute atomic E-state index is 0.447. The van der Waals surface area contributed by atoms with E-state index in [0.717, 1.165) is 53.2 Å². The van der Waals surface area contributed by atoms with Gasteiger partial charge in [0.2, 0.25) is 0 Å². The van der Waals surface area contributed by atoms with Gasteiger partial charge in [0.1, 0.15) is 16.5 Å². The molecule has 2 aromatic rings. The molecule has 0 aliphatic heterocycles. The molecule has 0 saturated carbocycles. The third-order valence-corrected chi connectivity index (χ3v) is 4.90. The van der Waals surface area contributed by atoms with Crippen LogP contribution in [0.15, 0.2) is 28.6 Å². The fraction of sp³-hybridized carbons (Fsp3) is 0.500. The molecule has 7 heteroatoms. The Morgan fingerprint density at radius 3 is 2.67 bits per heavy atom. The van der Waals surface area contributed by atoms with Crippen LogP contribution in [0.2, 0.25) is 0 Å². The van der Waals surface area contributed by atoms with Gasteiger partial charge in [-0.05, 0) is 43.0 Å². The van der Waals surface area contributed by atoms with E-state index in [-0.39, 0.29) is 0 Å². The molecule has 0 atom stereocenters. The lowest BCUT2D eigenvalue weighted by atomic mass is 10.1. The van der Waals surface area contributed by atoms with Crippen molar-refractivity contribution in [2.45, 2.75) is 39.7 Å². The third-order valence-electron chi connectivity index (χ3n) is 4.05. The van der Waals surface area contributed by atoms with Crippen LogP contribution in [0.4, 0.5) is 0 Å². The first-order chi connectivity index (χ1) is 13.1. The van der Waals surface area contributed by atoms with Crippen LogP contribution >= 0.6 is 11.3 Å². The van der Waals surface area contributed by atoms with Gasteiger partial charge in [0.05, 0.1) is 26.5 Å². The molecule has 0 fully saturated rings. The van der Waals surface area contributed by atoms with E-state index in [0.29, 0.717) is 12.5 Å². The number of ether oxygens (including phenoxy) is 2. The highest BCUT2D eigenvalue weighted by Gasteiger charge is 2.07. The SMILES string of the molecule is CCNC(=NCc1nc(C(C)C)cs1)NCCc1cc(OC)ccc1OC. The topological polar surface area (TPSA) is 67.8 Å². The molecule has 0 aliphatic carbocycles. The first-order valence-electron chi connectivity index (χ1n) is 9.24. The van der Waals surface area contributed by atoms with Crippen molar-refractivity contribution in [1.29, 1.82) is 0 Å². The maximum Gasteiger partial charge on any atom is 0.191 e. The number of benzene rings is 1. The molecule has 0 unspecified atom stereocenters. The minimum atomic E-state index is 0.447. The van der Waals surface area contributed by atoms with E-state index in [1.165, 1.54) is 0 Å². The zero-order valence-corrected chi connectivity index (χ0v) is 17.7. The molecule has 27 heavy (non-hydrogen) atoms. The standard InChI is InChI=1S/C20H30N4O2S/c1-6-21-20(23-12-19-24-17(13-27-19)14(2)3)22-10-9-15-11-16(25-4)7-8-18(15)26-5/h7-8,11,13-14H,6,9-10,12H2,1-5H3,(H2,21,22,23). The molecule has 2 rings (SSSR count). The van der Waals surface area contributed by atoms with E-state index >= 15 is 0 Å². The molecule has 2 N–H and O–H groups in total.